The van der Waals surface area contributed by atoms with Gasteiger partial charge >= 0.3 is 0 Å². The molecule has 0 aliphatic carbocycles. The van der Waals surface area contributed by atoms with Gasteiger partial charge in [-0.2, -0.15) is 0 Å². The predicted octanol–water partition coefficient (Wildman–Crippen LogP) is 3.16. The minimum atomic E-state index is 0.166. The summed E-state index contributed by atoms with van der Waals surface area (Å²) in [6.45, 7) is 4.27. The molecule has 1 aliphatic heterocycles. The van der Waals surface area contributed by atoms with Crippen molar-refractivity contribution in [3.05, 3.63) is 30.6 Å². The van der Waals surface area contributed by atoms with Crippen LogP contribution in [-0.4, -0.2) is 50.5 Å². The standard InChI is InChI=1S/C18H24N4O2S/c1-13-7-6-8-14(2)22(13)17(23)11-25-18-20-19-12-21(18)15-9-4-5-10-16(15)24-3/h4-5,9-10,12-14H,6-8,11H2,1-3H3/t13-,14-/m0/s1. The molecule has 0 bridgehead atoms. The molecule has 1 fully saturated rings. The van der Waals surface area contributed by atoms with Crippen LogP contribution >= 0.6 is 11.8 Å². The van der Waals surface area contributed by atoms with E-state index < -0.39 is 0 Å². The van der Waals surface area contributed by atoms with Crippen LogP contribution in [0.4, 0.5) is 0 Å². The van der Waals surface area contributed by atoms with Crippen LogP contribution in [0.15, 0.2) is 35.7 Å². The second-order valence-corrected chi connectivity index (χ2v) is 7.32. The third-order valence-corrected chi connectivity index (χ3v) is 5.60. The number of para-hydroxylation sites is 2. The smallest absolute Gasteiger partial charge is 0.233 e. The van der Waals surface area contributed by atoms with Gasteiger partial charge in [0, 0.05) is 12.1 Å². The average molecular weight is 360 g/mol. The molecule has 1 aromatic heterocycles. The Morgan fingerprint density at radius 1 is 1.28 bits per heavy atom. The van der Waals surface area contributed by atoms with Crippen molar-refractivity contribution < 1.29 is 9.53 Å². The number of hydrogen-bond acceptors (Lipinski definition) is 5. The summed E-state index contributed by atoms with van der Waals surface area (Å²) in [5.41, 5.74) is 0.865. The molecule has 6 nitrogen and oxygen atoms in total. The fourth-order valence-electron chi connectivity index (χ4n) is 3.43. The zero-order valence-corrected chi connectivity index (χ0v) is 15.7. The summed E-state index contributed by atoms with van der Waals surface area (Å²) in [7, 11) is 1.64. The molecule has 0 N–H and O–H groups in total. The third kappa shape index (κ3) is 3.81. The van der Waals surface area contributed by atoms with Crippen molar-refractivity contribution in [2.45, 2.75) is 50.4 Å². The summed E-state index contributed by atoms with van der Waals surface area (Å²) in [6.07, 6.45) is 5.01. The van der Waals surface area contributed by atoms with Crippen LogP contribution in [0, 0.1) is 0 Å². The summed E-state index contributed by atoms with van der Waals surface area (Å²) in [6, 6.07) is 8.32. The molecule has 1 saturated heterocycles. The first kappa shape index (κ1) is 17.8. The SMILES string of the molecule is COc1ccccc1-n1cnnc1SCC(=O)N1[C@@H](C)CCC[C@@H]1C. The van der Waals surface area contributed by atoms with E-state index in [0.717, 1.165) is 24.3 Å². The Bertz CT molecular complexity index is 723. The largest absolute Gasteiger partial charge is 0.495 e. The van der Waals surface area contributed by atoms with Gasteiger partial charge < -0.3 is 9.64 Å². The third-order valence-electron chi connectivity index (χ3n) is 4.67. The highest BCUT2D eigenvalue weighted by atomic mass is 32.2. The molecule has 0 saturated carbocycles. The fourth-order valence-corrected chi connectivity index (χ4v) is 4.22. The number of carbonyl (C=O) groups is 1. The van der Waals surface area contributed by atoms with Gasteiger partial charge in [0.1, 0.15) is 12.1 Å². The molecule has 1 aliphatic rings. The Morgan fingerprint density at radius 3 is 2.72 bits per heavy atom. The molecular formula is C18H24N4O2S. The molecule has 0 unspecified atom stereocenters. The molecule has 25 heavy (non-hydrogen) atoms. The number of thioether (sulfide) groups is 1. The van der Waals surface area contributed by atoms with Gasteiger partial charge in [-0.25, -0.2) is 0 Å². The van der Waals surface area contributed by atoms with Crippen LogP contribution in [-0.2, 0) is 4.79 Å². The monoisotopic (exact) mass is 360 g/mol. The Labute approximate surface area is 152 Å². The molecule has 1 amide bonds. The minimum Gasteiger partial charge on any atom is -0.495 e. The van der Waals surface area contributed by atoms with E-state index in [2.05, 4.69) is 24.0 Å². The molecule has 0 radical (unpaired) electrons. The van der Waals surface area contributed by atoms with Crippen LogP contribution < -0.4 is 4.74 Å². The van der Waals surface area contributed by atoms with Crippen LogP contribution in [0.1, 0.15) is 33.1 Å². The van der Waals surface area contributed by atoms with Crippen molar-refractivity contribution in [1.82, 2.24) is 19.7 Å². The lowest BCUT2D eigenvalue weighted by Crippen LogP contribution is -2.48. The first-order chi connectivity index (χ1) is 12.1. The van der Waals surface area contributed by atoms with E-state index >= 15 is 0 Å². The van der Waals surface area contributed by atoms with E-state index in [1.165, 1.54) is 18.2 Å². The van der Waals surface area contributed by atoms with Gasteiger partial charge in [-0.05, 0) is 45.2 Å². The molecule has 7 heteroatoms. The lowest BCUT2D eigenvalue weighted by atomic mass is 9.98. The number of ether oxygens (including phenoxy) is 1. The number of methoxy groups -OCH3 is 1. The quantitative estimate of drug-likeness (QED) is 0.767. The summed E-state index contributed by atoms with van der Waals surface area (Å²) in [5.74, 6) is 1.27. The molecule has 2 heterocycles. The maximum absolute atomic E-state index is 12.7. The van der Waals surface area contributed by atoms with E-state index in [4.69, 9.17) is 4.74 Å². The van der Waals surface area contributed by atoms with E-state index in [1.54, 1.807) is 13.4 Å². The number of likely N-dealkylation sites (tertiary alicyclic amines) is 1. The van der Waals surface area contributed by atoms with E-state index in [-0.39, 0.29) is 5.91 Å². The van der Waals surface area contributed by atoms with Crippen LogP contribution in [0.5, 0.6) is 5.75 Å². The predicted molar refractivity (Wildman–Crippen MR) is 98.3 cm³/mol. The summed E-state index contributed by atoms with van der Waals surface area (Å²) < 4.78 is 7.27. The molecular weight excluding hydrogens is 336 g/mol. The average Bonchev–Trinajstić information content (AvgIpc) is 3.08. The number of benzene rings is 1. The van der Waals surface area contributed by atoms with Crippen LogP contribution in [0.2, 0.25) is 0 Å². The molecule has 0 spiro atoms. The van der Waals surface area contributed by atoms with Gasteiger partial charge in [-0.3, -0.25) is 9.36 Å². The highest BCUT2D eigenvalue weighted by Crippen LogP contribution is 2.28. The van der Waals surface area contributed by atoms with E-state index in [0.29, 0.717) is 23.0 Å². The number of aromatic nitrogens is 3. The van der Waals surface area contributed by atoms with Crippen molar-refractivity contribution in [3.8, 4) is 11.4 Å². The van der Waals surface area contributed by atoms with Gasteiger partial charge in [-0.1, -0.05) is 23.9 Å². The topological polar surface area (TPSA) is 60.2 Å². The maximum Gasteiger partial charge on any atom is 0.233 e. The van der Waals surface area contributed by atoms with Gasteiger partial charge in [0.15, 0.2) is 5.16 Å². The van der Waals surface area contributed by atoms with Crippen LogP contribution in [0.25, 0.3) is 5.69 Å². The Hall–Kier alpha value is -2.02. The highest BCUT2D eigenvalue weighted by molar-refractivity contribution is 7.99. The highest BCUT2D eigenvalue weighted by Gasteiger charge is 2.29. The number of nitrogens with zero attached hydrogens (tertiary/aromatic N) is 4. The molecule has 2 atom stereocenters. The minimum absolute atomic E-state index is 0.166. The van der Waals surface area contributed by atoms with E-state index in [9.17, 15) is 4.79 Å². The molecule has 3 rings (SSSR count). The number of hydrogen-bond donors (Lipinski definition) is 0. The zero-order chi connectivity index (χ0) is 17.8. The second kappa shape index (κ2) is 7.91. The van der Waals surface area contributed by atoms with Gasteiger partial charge in [0.2, 0.25) is 5.91 Å². The van der Waals surface area contributed by atoms with Gasteiger partial charge in [0.05, 0.1) is 18.6 Å². The van der Waals surface area contributed by atoms with E-state index in [1.807, 2.05) is 33.7 Å². The van der Waals surface area contributed by atoms with Crippen molar-refractivity contribution in [3.63, 3.8) is 0 Å². The lowest BCUT2D eigenvalue weighted by molar-refractivity contribution is -0.134. The fraction of sp³-hybridized carbons (Fsp3) is 0.500. The van der Waals surface area contributed by atoms with Crippen molar-refractivity contribution in [2.24, 2.45) is 0 Å². The number of carbonyl (C=O) groups excluding carboxylic acids is 1. The number of amides is 1. The summed E-state index contributed by atoms with van der Waals surface area (Å²) >= 11 is 1.42. The number of rotatable bonds is 5. The normalized spacial score (nSPS) is 20.5. The van der Waals surface area contributed by atoms with Crippen molar-refractivity contribution >= 4 is 17.7 Å². The van der Waals surface area contributed by atoms with Crippen LogP contribution in [0.3, 0.4) is 0 Å². The van der Waals surface area contributed by atoms with Gasteiger partial charge in [-0.15, -0.1) is 10.2 Å². The number of piperidine rings is 1. The second-order valence-electron chi connectivity index (χ2n) is 6.37. The Kier molecular flexibility index (Phi) is 5.63. The summed E-state index contributed by atoms with van der Waals surface area (Å²) in [5, 5.41) is 8.87. The van der Waals surface area contributed by atoms with Gasteiger partial charge in [0.25, 0.3) is 0 Å². The Morgan fingerprint density at radius 2 is 2.00 bits per heavy atom. The maximum atomic E-state index is 12.7. The van der Waals surface area contributed by atoms with Crippen molar-refractivity contribution in [2.75, 3.05) is 12.9 Å². The Balaban J connectivity index is 1.73. The van der Waals surface area contributed by atoms with Crippen molar-refractivity contribution in [1.29, 1.82) is 0 Å². The lowest BCUT2D eigenvalue weighted by Gasteiger charge is -2.39. The summed E-state index contributed by atoms with van der Waals surface area (Å²) in [4.78, 5) is 14.7. The zero-order valence-electron chi connectivity index (χ0n) is 14.9. The first-order valence-electron chi connectivity index (χ1n) is 8.59. The molecule has 134 valence electrons. The molecule has 1 aromatic carbocycles. The molecule has 2 aromatic rings. The first-order valence-corrected chi connectivity index (χ1v) is 9.57.